The highest BCUT2D eigenvalue weighted by atomic mass is 15.1. The van der Waals surface area contributed by atoms with E-state index >= 15 is 0 Å². The molecule has 0 aliphatic heterocycles. The highest BCUT2D eigenvalue weighted by Gasteiger charge is 2.20. The number of fused-ring (bicyclic) bond motifs is 8. The van der Waals surface area contributed by atoms with Gasteiger partial charge in [0.1, 0.15) is 0 Å². The third-order valence-corrected chi connectivity index (χ3v) is 21.7. The molecule has 20 rings (SSSR count). The minimum Gasteiger partial charge on any atom is -0.310 e. The molecule has 110 heavy (non-hydrogen) atoms. The lowest BCUT2D eigenvalue weighted by molar-refractivity contribution is 1.28. The number of anilines is 6. The Bertz CT molecular complexity index is 6700. The van der Waals surface area contributed by atoms with E-state index in [9.17, 15) is 0 Å². The number of benzene rings is 20. The maximum atomic E-state index is 2.37. The molecule has 0 fully saturated rings. The molecule has 0 radical (unpaired) electrons. The molecule has 0 spiro atoms. The zero-order chi connectivity index (χ0) is 73.1. The maximum absolute atomic E-state index is 2.37. The van der Waals surface area contributed by atoms with Crippen LogP contribution in [-0.4, -0.2) is 0 Å². The van der Waals surface area contributed by atoms with E-state index in [0.717, 1.165) is 34.1 Å². The molecule has 2 nitrogen and oxygen atoms in total. The zero-order valence-electron chi connectivity index (χ0n) is 60.6. The van der Waals surface area contributed by atoms with Gasteiger partial charge in [0, 0.05) is 34.1 Å². The Morgan fingerprint density at radius 3 is 0.836 bits per heavy atom. The lowest BCUT2D eigenvalue weighted by atomic mass is 9.93. The van der Waals surface area contributed by atoms with Crippen LogP contribution in [0.4, 0.5) is 34.1 Å². The van der Waals surface area contributed by atoms with E-state index in [4.69, 9.17) is 0 Å². The first-order valence-corrected chi connectivity index (χ1v) is 37.8. The van der Waals surface area contributed by atoms with Gasteiger partial charge in [-0.2, -0.15) is 0 Å². The summed E-state index contributed by atoms with van der Waals surface area (Å²) in [5, 5.41) is 15.1. The summed E-state index contributed by atoms with van der Waals surface area (Å²) in [6.07, 6.45) is 0. The van der Waals surface area contributed by atoms with Crippen LogP contribution in [0.25, 0.3) is 154 Å². The van der Waals surface area contributed by atoms with Crippen molar-refractivity contribution in [2.75, 3.05) is 9.80 Å². The molecule has 0 aliphatic carbocycles. The Labute approximate surface area is 642 Å². The van der Waals surface area contributed by atoms with Crippen LogP contribution < -0.4 is 9.80 Å². The normalized spacial score (nSPS) is 11.3. The van der Waals surface area contributed by atoms with Crippen LogP contribution in [0.3, 0.4) is 0 Å². The van der Waals surface area contributed by atoms with E-state index in [1.54, 1.807) is 0 Å². The van der Waals surface area contributed by atoms with Crippen molar-refractivity contribution >= 4 is 98.8 Å². The van der Waals surface area contributed by atoms with Crippen molar-refractivity contribution in [3.05, 3.63) is 449 Å². The molecule has 0 N–H and O–H groups in total. The molecule has 20 aromatic carbocycles. The highest BCUT2D eigenvalue weighted by Crippen LogP contribution is 2.45. The van der Waals surface area contributed by atoms with Crippen molar-refractivity contribution in [3.8, 4) is 89.0 Å². The fraction of sp³-hybridized carbons (Fsp3) is 0. The van der Waals surface area contributed by atoms with E-state index in [1.807, 2.05) is 0 Å². The second-order valence-electron chi connectivity index (χ2n) is 28.3. The minimum absolute atomic E-state index is 1.10. The van der Waals surface area contributed by atoms with Gasteiger partial charge in [0.25, 0.3) is 0 Å². The fourth-order valence-electron chi connectivity index (χ4n) is 16.1. The Balaban J connectivity index is 0.000000149. The predicted molar refractivity (Wildman–Crippen MR) is 471 cm³/mol. The topological polar surface area (TPSA) is 6.48 Å². The summed E-state index contributed by atoms with van der Waals surface area (Å²) in [6.45, 7) is 0. The van der Waals surface area contributed by atoms with Crippen LogP contribution in [0.15, 0.2) is 449 Å². The Morgan fingerprint density at radius 1 is 0.109 bits per heavy atom. The predicted octanol–water partition coefficient (Wildman–Crippen LogP) is 30.6. The summed E-state index contributed by atoms with van der Waals surface area (Å²) >= 11 is 0. The van der Waals surface area contributed by atoms with Gasteiger partial charge in [0.15, 0.2) is 0 Å². The molecular weight excluding hydrogens is 1330 g/mol. The van der Waals surface area contributed by atoms with Gasteiger partial charge >= 0.3 is 0 Å². The minimum atomic E-state index is 1.10. The van der Waals surface area contributed by atoms with Gasteiger partial charge in [-0.05, 0) is 245 Å². The molecule has 0 amide bonds. The molecule has 0 aliphatic rings. The summed E-state index contributed by atoms with van der Waals surface area (Å²) < 4.78 is 0. The second kappa shape index (κ2) is 29.5. The van der Waals surface area contributed by atoms with Gasteiger partial charge in [-0.15, -0.1) is 0 Å². The number of hydrogen-bond acceptors (Lipinski definition) is 2. The molecule has 0 saturated carbocycles. The first-order chi connectivity index (χ1) is 54.5. The lowest BCUT2D eigenvalue weighted by Crippen LogP contribution is -2.10. The molecule has 0 bridgehead atoms. The summed E-state index contributed by atoms with van der Waals surface area (Å²) in [6, 6.07) is 163. The number of nitrogens with zero attached hydrogens (tertiary/aromatic N) is 2. The van der Waals surface area contributed by atoms with Crippen LogP contribution >= 0.6 is 0 Å². The molecule has 0 aromatic heterocycles. The Kier molecular flexibility index (Phi) is 17.8. The molecule has 0 heterocycles. The van der Waals surface area contributed by atoms with Gasteiger partial charge < -0.3 is 9.80 Å². The summed E-state index contributed by atoms with van der Waals surface area (Å²) in [5.41, 5.74) is 26.0. The van der Waals surface area contributed by atoms with E-state index in [1.165, 1.54) is 154 Å². The van der Waals surface area contributed by atoms with Crippen LogP contribution in [0.1, 0.15) is 0 Å². The average molecular weight is 1400 g/mol. The van der Waals surface area contributed by atoms with Gasteiger partial charge in [-0.25, -0.2) is 0 Å². The van der Waals surface area contributed by atoms with Gasteiger partial charge in [0.05, 0.1) is 0 Å². The van der Waals surface area contributed by atoms with Crippen LogP contribution in [0.5, 0.6) is 0 Å². The monoisotopic (exact) mass is 1400 g/mol. The summed E-state index contributed by atoms with van der Waals surface area (Å²) in [7, 11) is 0. The van der Waals surface area contributed by atoms with Crippen molar-refractivity contribution in [3.63, 3.8) is 0 Å². The molecule has 0 atom stereocenters. The zero-order valence-corrected chi connectivity index (χ0v) is 60.6. The first kappa shape index (κ1) is 66.3. The fourth-order valence-corrected chi connectivity index (χ4v) is 16.1. The average Bonchev–Trinajstić information content (AvgIpc) is 0.768. The number of rotatable bonds is 14. The Hall–Kier alpha value is -14.4. The third kappa shape index (κ3) is 13.2. The molecule has 20 aromatic rings. The quantitative estimate of drug-likeness (QED) is 0.100. The van der Waals surface area contributed by atoms with Gasteiger partial charge in [0.2, 0.25) is 0 Å². The molecule has 0 saturated heterocycles. The van der Waals surface area contributed by atoms with E-state index in [0.29, 0.717) is 0 Å². The molecule has 0 unspecified atom stereocenters. The first-order valence-electron chi connectivity index (χ1n) is 37.8. The molecule has 516 valence electrons. The van der Waals surface area contributed by atoms with Crippen molar-refractivity contribution in [1.82, 2.24) is 0 Å². The maximum Gasteiger partial charge on any atom is 0.0467 e. The van der Waals surface area contributed by atoms with Crippen LogP contribution in [-0.2, 0) is 0 Å². The van der Waals surface area contributed by atoms with Crippen molar-refractivity contribution in [2.45, 2.75) is 0 Å². The molecular formula is C108H74N2. The molecule has 2 heteroatoms. The van der Waals surface area contributed by atoms with Crippen molar-refractivity contribution in [1.29, 1.82) is 0 Å². The van der Waals surface area contributed by atoms with Gasteiger partial charge in [-0.3, -0.25) is 0 Å². The SMILES string of the molecule is c1ccc(-c2ccc(-c3ccc(N(c4ccc(-c5cc6ccccc6c6ccccc56)cc4)c4cccc(-c5ccc6ccccc6c5)c4)cc3)cc2)cc1.c1ccc(-c2ccc(-c3ccc(N(c4ccc(-c5cc6ccccc6c6ccccc56)cc4)c4cccc(-c5cccc6ccccc56)c4)cc3)cc2)cc1. The van der Waals surface area contributed by atoms with E-state index < -0.39 is 0 Å². The summed E-state index contributed by atoms with van der Waals surface area (Å²) in [4.78, 5) is 4.74. The second-order valence-corrected chi connectivity index (χ2v) is 28.3. The van der Waals surface area contributed by atoms with Crippen molar-refractivity contribution in [2.24, 2.45) is 0 Å². The third-order valence-electron chi connectivity index (χ3n) is 21.7. The van der Waals surface area contributed by atoms with Gasteiger partial charge in [-0.1, -0.05) is 358 Å². The number of hydrogen-bond donors (Lipinski definition) is 0. The van der Waals surface area contributed by atoms with E-state index in [2.05, 4.69) is 459 Å². The lowest BCUT2D eigenvalue weighted by Gasteiger charge is -2.26. The highest BCUT2D eigenvalue weighted by molar-refractivity contribution is 6.15. The van der Waals surface area contributed by atoms with E-state index in [-0.39, 0.29) is 0 Å². The Morgan fingerprint density at radius 2 is 0.391 bits per heavy atom. The largest absolute Gasteiger partial charge is 0.310 e. The summed E-state index contributed by atoms with van der Waals surface area (Å²) in [5.74, 6) is 0. The van der Waals surface area contributed by atoms with Crippen LogP contribution in [0, 0.1) is 0 Å². The standard InChI is InChI=1S/2C54H37N/c1-2-12-38(13-3-1)39-24-26-40(27-25-39)41-28-32-46(33-29-41)55(48-18-10-17-44(36-48)50-23-11-16-42-14-4-6-19-49(42)50)47-34-30-43(31-35-47)54-37-45-15-5-7-20-51(45)52-21-8-9-22-53(52)54;1-2-11-38(12-3-1)40-21-23-41(24-22-40)42-27-31-48(32-28-42)55(50-17-10-16-45(36-50)46-26-25-39-13-4-5-14-44(39)35-46)49-33-29-43(30-34-49)54-37-47-15-6-7-18-51(47)52-19-8-9-20-53(52)54/h2*1-37H. The van der Waals surface area contributed by atoms with Crippen LogP contribution in [0.2, 0.25) is 0 Å². The van der Waals surface area contributed by atoms with Crippen molar-refractivity contribution < 1.29 is 0 Å². The smallest absolute Gasteiger partial charge is 0.0467 e.